The fourth-order valence-corrected chi connectivity index (χ4v) is 7.78. The van der Waals surface area contributed by atoms with Gasteiger partial charge in [-0.1, -0.05) is 17.4 Å². The molecule has 2 saturated heterocycles. The molecule has 3 heterocycles. The number of ether oxygens (including phenoxy) is 2. The van der Waals surface area contributed by atoms with Gasteiger partial charge in [-0.05, 0) is 73.4 Å². The molecule has 2 aromatic rings. The van der Waals surface area contributed by atoms with E-state index in [-0.39, 0.29) is 28.6 Å². The molecule has 4 rings (SSSR count). The van der Waals surface area contributed by atoms with Crippen LogP contribution in [0.1, 0.15) is 61.3 Å². The molecule has 0 radical (unpaired) electrons. The van der Waals surface area contributed by atoms with Crippen molar-refractivity contribution >= 4 is 44.4 Å². The molecule has 11 nitrogen and oxygen atoms in total. The van der Waals surface area contributed by atoms with Gasteiger partial charge in [0.2, 0.25) is 10.0 Å². The Kier molecular flexibility index (Phi) is 8.91. The molecule has 0 bridgehead atoms. The van der Waals surface area contributed by atoms with Crippen molar-refractivity contribution in [3.8, 4) is 10.4 Å². The monoisotopic (exact) mass is 607 g/mol. The topological polar surface area (TPSA) is 130 Å². The van der Waals surface area contributed by atoms with Crippen LogP contribution in [-0.2, 0) is 19.5 Å². The van der Waals surface area contributed by atoms with E-state index in [9.17, 15) is 18.0 Å². The van der Waals surface area contributed by atoms with Gasteiger partial charge in [-0.25, -0.2) is 27.7 Å². The molecular formula is C28H41N5O6S2. The van der Waals surface area contributed by atoms with Crippen molar-refractivity contribution in [3.63, 3.8) is 0 Å². The van der Waals surface area contributed by atoms with Gasteiger partial charge < -0.3 is 19.3 Å². The second-order valence-corrected chi connectivity index (χ2v) is 15.1. The maximum Gasteiger partial charge on any atom is 0.411 e. The van der Waals surface area contributed by atoms with Crippen LogP contribution in [0.3, 0.4) is 0 Å². The van der Waals surface area contributed by atoms with Crippen molar-refractivity contribution in [2.75, 3.05) is 36.4 Å². The van der Waals surface area contributed by atoms with Crippen molar-refractivity contribution in [3.05, 3.63) is 24.4 Å². The van der Waals surface area contributed by atoms with Crippen LogP contribution in [0, 0.1) is 5.41 Å². The van der Waals surface area contributed by atoms with Gasteiger partial charge in [0.25, 0.3) is 0 Å². The fourth-order valence-electron chi connectivity index (χ4n) is 5.04. The van der Waals surface area contributed by atoms with Gasteiger partial charge in [0.05, 0.1) is 22.0 Å². The van der Waals surface area contributed by atoms with Gasteiger partial charge in [-0.15, -0.1) is 0 Å². The number of hydrogen-bond acceptors (Lipinski definition) is 9. The normalized spacial score (nSPS) is 17.1. The number of nitrogens with one attached hydrogen (secondary N) is 2. The molecule has 0 atom stereocenters. The Balaban J connectivity index is 1.51. The van der Waals surface area contributed by atoms with Crippen molar-refractivity contribution < 1.29 is 27.5 Å². The molecule has 13 heteroatoms. The largest absolute Gasteiger partial charge is 0.447 e. The Morgan fingerprint density at radius 2 is 1.68 bits per heavy atom. The highest BCUT2D eigenvalue weighted by Gasteiger charge is 2.47. The third kappa shape index (κ3) is 7.69. The molecule has 2 amide bonds. The number of rotatable bonds is 7. The van der Waals surface area contributed by atoms with Gasteiger partial charge in [0.15, 0.2) is 5.13 Å². The second-order valence-electron chi connectivity index (χ2n) is 12.4. The number of hydrogen-bond donors (Lipinski definition) is 2. The first-order valence-electron chi connectivity index (χ1n) is 13.9. The number of thiazole rings is 1. The minimum atomic E-state index is -3.94. The first kappa shape index (κ1) is 31.0. The summed E-state index contributed by atoms with van der Waals surface area (Å²) >= 11 is 1.43. The van der Waals surface area contributed by atoms with Crippen LogP contribution in [-0.4, -0.2) is 74.4 Å². The number of piperidine rings is 1. The molecule has 1 aromatic carbocycles. The average molecular weight is 608 g/mol. The lowest BCUT2D eigenvalue weighted by Crippen LogP contribution is -2.62. The lowest BCUT2D eigenvalue weighted by Gasteiger charge is -2.53. The van der Waals surface area contributed by atoms with Crippen molar-refractivity contribution in [1.29, 1.82) is 0 Å². The summed E-state index contributed by atoms with van der Waals surface area (Å²) in [7, 11) is -3.94. The SMILES string of the molecule is CC(C)OC(=O)Nc1ccc(-c2cnc(N3CCC4(CC3)CN(C(=O)OC(C)C)C4)s2)c(S(=O)(=O)NC(C)(C)C)c1. The number of likely N-dealkylation sites (tertiary alicyclic amines) is 1. The van der Waals surface area contributed by atoms with Crippen LogP contribution in [0.2, 0.25) is 0 Å². The number of anilines is 2. The Labute approximate surface area is 246 Å². The van der Waals surface area contributed by atoms with Crippen LogP contribution in [0.25, 0.3) is 10.4 Å². The molecule has 1 spiro atoms. The zero-order valence-electron chi connectivity index (χ0n) is 24.8. The molecule has 1 aromatic heterocycles. The zero-order valence-corrected chi connectivity index (χ0v) is 26.4. The molecule has 2 N–H and O–H groups in total. The van der Waals surface area contributed by atoms with Crippen LogP contribution in [0.5, 0.6) is 0 Å². The number of carbonyl (C=O) groups excluding carboxylic acids is 2. The minimum Gasteiger partial charge on any atom is -0.447 e. The van der Waals surface area contributed by atoms with E-state index in [0.29, 0.717) is 29.2 Å². The molecule has 2 aliphatic heterocycles. The van der Waals surface area contributed by atoms with Crippen molar-refractivity contribution in [2.24, 2.45) is 5.41 Å². The average Bonchev–Trinajstić information content (AvgIpc) is 3.30. The standard InChI is InChI=1S/C28H41N5O6S2/c1-18(2)38-25(34)30-20-8-9-21(23(14-20)41(36,37)31-27(5,6)7)22-15-29-24(40-22)32-12-10-28(11-13-32)16-33(17-28)26(35)39-19(3)4/h8-9,14-15,18-19,31H,10-13,16-17H2,1-7H3,(H,30,34). The summed E-state index contributed by atoms with van der Waals surface area (Å²) in [5.74, 6) is 0. The van der Waals surface area contributed by atoms with Gasteiger partial charge in [0, 0.05) is 54.6 Å². The summed E-state index contributed by atoms with van der Waals surface area (Å²) in [5.41, 5.74) is 0.222. The Morgan fingerprint density at radius 3 is 2.27 bits per heavy atom. The van der Waals surface area contributed by atoms with E-state index in [1.807, 2.05) is 13.8 Å². The summed E-state index contributed by atoms with van der Waals surface area (Å²) in [6.45, 7) is 15.5. The van der Waals surface area contributed by atoms with Crippen molar-refractivity contribution in [2.45, 2.75) is 84.0 Å². The Morgan fingerprint density at radius 1 is 1.05 bits per heavy atom. The zero-order chi connectivity index (χ0) is 30.2. The highest BCUT2D eigenvalue weighted by atomic mass is 32.2. The smallest absolute Gasteiger partial charge is 0.411 e. The number of aromatic nitrogens is 1. The van der Waals surface area contributed by atoms with E-state index in [1.54, 1.807) is 57.8 Å². The maximum atomic E-state index is 13.5. The van der Waals surface area contributed by atoms with Gasteiger partial charge in [-0.3, -0.25) is 5.32 Å². The quantitative estimate of drug-likeness (QED) is 0.434. The van der Waals surface area contributed by atoms with E-state index in [1.165, 1.54) is 17.4 Å². The summed E-state index contributed by atoms with van der Waals surface area (Å²) < 4.78 is 40.2. The minimum absolute atomic E-state index is 0.0467. The van der Waals surface area contributed by atoms with Gasteiger partial charge in [0.1, 0.15) is 0 Å². The highest BCUT2D eigenvalue weighted by molar-refractivity contribution is 7.89. The van der Waals surface area contributed by atoms with E-state index in [2.05, 4.69) is 19.9 Å². The molecule has 0 saturated carbocycles. The van der Waals surface area contributed by atoms with E-state index in [4.69, 9.17) is 9.47 Å². The lowest BCUT2D eigenvalue weighted by atomic mass is 9.72. The molecule has 0 unspecified atom stereocenters. The molecule has 2 fully saturated rings. The van der Waals surface area contributed by atoms with Crippen LogP contribution < -0.4 is 14.9 Å². The Bertz CT molecular complexity index is 1370. The Hall–Kier alpha value is -2.90. The summed E-state index contributed by atoms with van der Waals surface area (Å²) in [6.07, 6.45) is 2.23. The number of benzene rings is 1. The van der Waals surface area contributed by atoms with E-state index >= 15 is 0 Å². The third-order valence-corrected chi connectivity index (χ3v) is 9.69. The molecule has 0 aliphatic carbocycles. The van der Waals surface area contributed by atoms with E-state index in [0.717, 1.165) is 31.1 Å². The van der Waals surface area contributed by atoms with Crippen LogP contribution in [0.4, 0.5) is 20.4 Å². The van der Waals surface area contributed by atoms with Gasteiger partial charge in [-0.2, -0.15) is 0 Å². The first-order chi connectivity index (χ1) is 19.1. The highest BCUT2D eigenvalue weighted by Crippen LogP contribution is 2.43. The van der Waals surface area contributed by atoms with E-state index < -0.39 is 21.7 Å². The summed E-state index contributed by atoms with van der Waals surface area (Å²) in [6, 6.07) is 4.79. The maximum absolute atomic E-state index is 13.5. The predicted molar refractivity (Wildman–Crippen MR) is 160 cm³/mol. The van der Waals surface area contributed by atoms with Crippen LogP contribution in [0.15, 0.2) is 29.3 Å². The lowest BCUT2D eigenvalue weighted by molar-refractivity contribution is -0.0252. The number of nitrogens with zero attached hydrogens (tertiary/aromatic N) is 3. The van der Waals surface area contributed by atoms with Gasteiger partial charge >= 0.3 is 12.2 Å². The third-order valence-electron chi connectivity index (χ3n) is 6.80. The number of carbonyl (C=O) groups is 2. The second kappa shape index (κ2) is 11.8. The molecule has 2 aliphatic rings. The fraction of sp³-hybridized carbons (Fsp3) is 0.607. The first-order valence-corrected chi connectivity index (χ1v) is 16.2. The van der Waals surface area contributed by atoms with Crippen LogP contribution >= 0.6 is 11.3 Å². The molecule has 226 valence electrons. The molecular weight excluding hydrogens is 566 g/mol. The van der Waals surface area contributed by atoms with Crippen molar-refractivity contribution in [1.82, 2.24) is 14.6 Å². The summed E-state index contributed by atoms with van der Waals surface area (Å²) in [5, 5.41) is 3.44. The predicted octanol–water partition coefficient (Wildman–Crippen LogP) is 5.29. The number of sulfonamides is 1. The molecule has 41 heavy (non-hydrogen) atoms. The number of amides is 2. The summed E-state index contributed by atoms with van der Waals surface area (Å²) in [4.78, 5) is 33.7.